The SMILES string of the molecule is CCCN(CCC)C(=O)CNc1ccc(Cl)cc1. The average Bonchev–Trinajstić information content (AvgIpc) is 2.37. The Bertz CT molecular complexity index is 359. The van der Waals surface area contributed by atoms with E-state index in [4.69, 9.17) is 11.6 Å². The predicted octanol–water partition coefficient (Wildman–Crippen LogP) is 3.40. The van der Waals surface area contributed by atoms with Crippen molar-refractivity contribution in [2.75, 3.05) is 25.0 Å². The monoisotopic (exact) mass is 268 g/mol. The fraction of sp³-hybridized carbons (Fsp3) is 0.500. The molecule has 0 aromatic heterocycles. The number of nitrogens with zero attached hydrogens (tertiary/aromatic N) is 1. The van der Waals surface area contributed by atoms with E-state index in [0.717, 1.165) is 31.6 Å². The fourth-order valence-corrected chi connectivity index (χ4v) is 1.88. The second kappa shape index (κ2) is 7.98. The Morgan fingerprint density at radius 3 is 2.22 bits per heavy atom. The Morgan fingerprint density at radius 1 is 1.17 bits per heavy atom. The summed E-state index contributed by atoms with van der Waals surface area (Å²) in [4.78, 5) is 13.9. The summed E-state index contributed by atoms with van der Waals surface area (Å²) in [5, 5.41) is 3.82. The standard InChI is InChI=1S/C14H21ClN2O/c1-3-9-17(10-4-2)14(18)11-16-13-7-5-12(15)6-8-13/h5-8,16H,3-4,9-11H2,1-2H3. The zero-order chi connectivity index (χ0) is 13.4. The molecular weight excluding hydrogens is 248 g/mol. The number of benzene rings is 1. The minimum Gasteiger partial charge on any atom is -0.376 e. The highest BCUT2D eigenvalue weighted by molar-refractivity contribution is 6.30. The van der Waals surface area contributed by atoms with E-state index in [-0.39, 0.29) is 5.91 Å². The smallest absolute Gasteiger partial charge is 0.241 e. The van der Waals surface area contributed by atoms with E-state index >= 15 is 0 Å². The second-order valence-electron chi connectivity index (χ2n) is 4.24. The quantitative estimate of drug-likeness (QED) is 0.822. The molecule has 0 bridgehead atoms. The molecule has 0 heterocycles. The van der Waals surface area contributed by atoms with Gasteiger partial charge >= 0.3 is 0 Å². The first-order valence-corrected chi connectivity index (χ1v) is 6.82. The molecule has 0 atom stereocenters. The van der Waals surface area contributed by atoms with Gasteiger partial charge in [0.2, 0.25) is 5.91 Å². The lowest BCUT2D eigenvalue weighted by Gasteiger charge is -2.21. The molecule has 3 nitrogen and oxygen atoms in total. The molecule has 0 saturated heterocycles. The molecule has 1 rings (SSSR count). The molecule has 1 amide bonds. The summed E-state index contributed by atoms with van der Waals surface area (Å²) in [6.07, 6.45) is 1.99. The minimum absolute atomic E-state index is 0.147. The van der Waals surface area contributed by atoms with Crippen molar-refractivity contribution in [2.45, 2.75) is 26.7 Å². The first kappa shape index (κ1) is 14.8. The molecule has 0 unspecified atom stereocenters. The third-order valence-corrected chi connectivity index (χ3v) is 2.88. The Balaban J connectivity index is 2.45. The topological polar surface area (TPSA) is 32.3 Å². The van der Waals surface area contributed by atoms with E-state index in [0.29, 0.717) is 11.6 Å². The van der Waals surface area contributed by atoms with Gasteiger partial charge in [0.05, 0.1) is 6.54 Å². The van der Waals surface area contributed by atoms with Crippen molar-refractivity contribution < 1.29 is 4.79 Å². The van der Waals surface area contributed by atoms with E-state index in [1.165, 1.54) is 0 Å². The largest absolute Gasteiger partial charge is 0.376 e. The fourth-order valence-electron chi connectivity index (χ4n) is 1.76. The van der Waals surface area contributed by atoms with Gasteiger partial charge in [0.1, 0.15) is 0 Å². The van der Waals surface area contributed by atoms with Gasteiger partial charge in [0.25, 0.3) is 0 Å². The lowest BCUT2D eigenvalue weighted by molar-refractivity contribution is -0.129. The summed E-state index contributed by atoms with van der Waals surface area (Å²) < 4.78 is 0. The van der Waals surface area contributed by atoms with Gasteiger partial charge in [-0.1, -0.05) is 25.4 Å². The van der Waals surface area contributed by atoms with Crippen LogP contribution >= 0.6 is 11.6 Å². The molecule has 1 N–H and O–H groups in total. The normalized spacial score (nSPS) is 10.2. The van der Waals surface area contributed by atoms with E-state index in [9.17, 15) is 4.79 Å². The lowest BCUT2D eigenvalue weighted by Crippen LogP contribution is -2.36. The molecule has 0 saturated carbocycles. The van der Waals surface area contributed by atoms with Crippen LogP contribution in [-0.4, -0.2) is 30.4 Å². The van der Waals surface area contributed by atoms with Crippen LogP contribution in [0.5, 0.6) is 0 Å². The highest BCUT2D eigenvalue weighted by Gasteiger charge is 2.10. The van der Waals surface area contributed by atoms with Crippen LogP contribution in [0.2, 0.25) is 5.02 Å². The summed E-state index contributed by atoms with van der Waals surface area (Å²) in [5.41, 5.74) is 0.917. The highest BCUT2D eigenvalue weighted by atomic mass is 35.5. The lowest BCUT2D eigenvalue weighted by atomic mass is 10.3. The minimum atomic E-state index is 0.147. The van der Waals surface area contributed by atoms with Crippen molar-refractivity contribution in [3.05, 3.63) is 29.3 Å². The summed E-state index contributed by atoms with van der Waals surface area (Å²) in [6.45, 7) is 6.16. The van der Waals surface area contributed by atoms with Crippen LogP contribution in [-0.2, 0) is 4.79 Å². The van der Waals surface area contributed by atoms with Crippen molar-refractivity contribution in [3.8, 4) is 0 Å². The van der Waals surface area contributed by atoms with Gasteiger partial charge in [0.15, 0.2) is 0 Å². The van der Waals surface area contributed by atoms with Crippen molar-refractivity contribution in [1.29, 1.82) is 0 Å². The molecule has 0 aliphatic rings. The maximum absolute atomic E-state index is 12.0. The first-order chi connectivity index (χ1) is 8.67. The van der Waals surface area contributed by atoms with Gasteiger partial charge in [0, 0.05) is 23.8 Å². The van der Waals surface area contributed by atoms with Crippen LogP contribution in [0.3, 0.4) is 0 Å². The third kappa shape index (κ3) is 4.96. The van der Waals surface area contributed by atoms with E-state index < -0.39 is 0 Å². The van der Waals surface area contributed by atoms with Crippen LogP contribution in [0.25, 0.3) is 0 Å². The number of nitrogens with one attached hydrogen (secondary N) is 1. The molecule has 1 aromatic carbocycles. The summed E-state index contributed by atoms with van der Waals surface area (Å²) in [6, 6.07) is 7.37. The Kier molecular flexibility index (Phi) is 6.58. The zero-order valence-corrected chi connectivity index (χ0v) is 11.8. The summed E-state index contributed by atoms with van der Waals surface area (Å²) in [7, 11) is 0. The molecule has 0 fully saturated rings. The number of hydrogen-bond donors (Lipinski definition) is 1. The number of halogens is 1. The molecule has 1 aromatic rings. The van der Waals surface area contributed by atoms with Gasteiger partial charge in [-0.15, -0.1) is 0 Å². The van der Waals surface area contributed by atoms with E-state index in [1.54, 1.807) is 0 Å². The maximum Gasteiger partial charge on any atom is 0.241 e. The van der Waals surface area contributed by atoms with Gasteiger partial charge in [-0.3, -0.25) is 4.79 Å². The molecule has 0 radical (unpaired) electrons. The van der Waals surface area contributed by atoms with Gasteiger partial charge < -0.3 is 10.2 Å². The van der Waals surface area contributed by atoms with Gasteiger partial charge in [-0.25, -0.2) is 0 Å². The van der Waals surface area contributed by atoms with Crippen LogP contribution in [0.1, 0.15) is 26.7 Å². The van der Waals surface area contributed by atoms with Crippen molar-refractivity contribution in [3.63, 3.8) is 0 Å². The van der Waals surface area contributed by atoms with Crippen LogP contribution in [0, 0.1) is 0 Å². The van der Waals surface area contributed by atoms with Crippen LogP contribution in [0.4, 0.5) is 5.69 Å². The molecule has 0 spiro atoms. The maximum atomic E-state index is 12.0. The van der Waals surface area contributed by atoms with Crippen molar-refractivity contribution >= 4 is 23.2 Å². The van der Waals surface area contributed by atoms with E-state index in [2.05, 4.69) is 19.2 Å². The average molecular weight is 269 g/mol. The molecule has 0 aliphatic carbocycles. The van der Waals surface area contributed by atoms with Gasteiger partial charge in [-0.05, 0) is 37.1 Å². The predicted molar refractivity (Wildman–Crippen MR) is 77.1 cm³/mol. The number of rotatable bonds is 7. The second-order valence-corrected chi connectivity index (χ2v) is 4.68. The molecule has 0 aliphatic heterocycles. The zero-order valence-electron chi connectivity index (χ0n) is 11.1. The van der Waals surface area contributed by atoms with Crippen LogP contribution in [0.15, 0.2) is 24.3 Å². The summed E-state index contributed by atoms with van der Waals surface area (Å²) >= 11 is 5.80. The Labute approximate surface area is 114 Å². The molecule has 4 heteroatoms. The first-order valence-electron chi connectivity index (χ1n) is 6.44. The summed E-state index contributed by atoms with van der Waals surface area (Å²) in [5.74, 6) is 0.147. The Hall–Kier alpha value is -1.22. The van der Waals surface area contributed by atoms with Crippen LogP contribution < -0.4 is 5.32 Å². The molecule has 18 heavy (non-hydrogen) atoms. The third-order valence-electron chi connectivity index (χ3n) is 2.63. The number of hydrogen-bond acceptors (Lipinski definition) is 2. The molecular formula is C14H21ClN2O. The number of anilines is 1. The number of carbonyl (C=O) groups is 1. The Morgan fingerprint density at radius 2 is 1.72 bits per heavy atom. The van der Waals surface area contributed by atoms with Crippen molar-refractivity contribution in [1.82, 2.24) is 4.90 Å². The van der Waals surface area contributed by atoms with Gasteiger partial charge in [-0.2, -0.15) is 0 Å². The van der Waals surface area contributed by atoms with E-state index in [1.807, 2.05) is 29.2 Å². The highest BCUT2D eigenvalue weighted by Crippen LogP contribution is 2.13. The number of amides is 1. The molecule has 100 valence electrons. The number of carbonyl (C=O) groups excluding carboxylic acids is 1. The van der Waals surface area contributed by atoms with Crippen molar-refractivity contribution in [2.24, 2.45) is 0 Å².